The molecule has 0 aromatic heterocycles. The number of ether oxygens (including phenoxy) is 4. The van der Waals surface area contributed by atoms with Crippen LogP contribution >= 0.6 is 0 Å². The van der Waals surface area contributed by atoms with E-state index in [1.54, 1.807) is 0 Å². The molecule has 0 atom stereocenters. The van der Waals surface area contributed by atoms with Crippen LogP contribution in [0, 0.1) is 0 Å². The summed E-state index contributed by atoms with van der Waals surface area (Å²) in [5.41, 5.74) is 0. The molecule has 18 heavy (non-hydrogen) atoms. The highest BCUT2D eigenvalue weighted by atomic mass is 16.5. The summed E-state index contributed by atoms with van der Waals surface area (Å²) < 4.78 is 22.1. The van der Waals surface area contributed by atoms with Crippen molar-refractivity contribution in [3.63, 3.8) is 0 Å². The highest BCUT2D eigenvalue weighted by Gasteiger charge is 1.95. The zero-order chi connectivity index (χ0) is 12.7. The Bertz CT molecular complexity index is 88.8. The van der Waals surface area contributed by atoms with E-state index >= 15 is 0 Å². The molecule has 0 saturated carbocycles. The van der Waals surface area contributed by atoms with E-state index in [4.69, 9.17) is 18.9 Å². The second-order valence-electron chi connectivity index (χ2n) is 4.57. The van der Waals surface area contributed by atoms with Crippen LogP contribution < -0.4 is 0 Å². The largest absolute Gasteiger partial charge is 0.381 e. The molecule has 1 rings (SSSR count). The molecule has 0 aliphatic carbocycles. The van der Waals surface area contributed by atoms with Gasteiger partial charge in [0.25, 0.3) is 0 Å². The summed E-state index contributed by atoms with van der Waals surface area (Å²) in [5.74, 6) is 0. The molecule has 4 nitrogen and oxygen atoms in total. The summed E-state index contributed by atoms with van der Waals surface area (Å²) >= 11 is 0. The Morgan fingerprint density at radius 2 is 0.500 bits per heavy atom. The molecule has 1 fully saturated rings. The number of hydrogen-bond donors (Lipinski definition) is 0. The maximum absolute atomic E-state index is 5.52. The van der Waals surface area contributed by atoms with Gasteiger partial charge in [-0.3, -0.25) is 0 Å². The molecule has 0 N–H and O–H groups in total. The van der Waals surface area contributed by atoms with Gasteiger partial charge < -0.3 is 18.9 Å². The topological polar surface area (TPSA) is 36.9 Å². The number of rotatable bonds is 0. The fourth-order valence-electron chi connectivity index (χ4n) is 1.75. The predicted octanol–water partition coefficient (Wildman–Crippen LogP) is 2.41. The molecule has 1 aliphatic heterocycles. The molecule has 0 unspecified atom stereocenters. The van der Waals surface area contributed by atoms with Crippen molar-refractivity contribution in [1.29, 1.82) is 0 Å². The van der Waals surface area contributed by atoms with Crippen molar-refractivity contribution in [3.8, 4) is 0 Å². The van der Waals surface area contributed by atoms with Crippen molar-refractivity contribution >= 4 is 0 Å². The van der Waals surface area contributed by atoms with Gasteiger partial charge in [0.2, 0.25) is 0 Å². The summed E-state index contributed by atoms with van der Waals surface area (Å²) in [6.45, 7) is 6.60. The van der Waals surface area contributed by atoms with Crippen LogP contribution in [0.3, 0.4) is 0 Å². The van der Waals surface area contributed by atoms with Gasteiger partial charge in [-0.2, -0.15) is 0 Å². The zero-order valence-electron chi connectivity index (χ0n) is 11.5. The molecule has 0 aromatic carbocycles. The van der Waals surface area contributed by atoms with E-state index in [1.807, 2.05) is 0 Å². The average Bonchev–Trinajstić information content (AvgIpc) is 2.39. The van der Waals surface area contributed by atoms with Crippen molar-refractivity contribution in [2.75, 3.05) is 52.9 Å². The number of hydrogen-bond acceptors (Lipinski definition) is 4. The summed E-state index contributed by atoms with van der Waals surface area (Å²) in [7, 11) is 0. The first kappa shape index (κ1) is 15.9. The fourth-order valence-corrected chi connectivity index (χ4v) is 1.75. The molecular formula is C14H28O4. The quantitative estimate of drug-likeness (QED) is 0.670. The minimum atomic E-state index is 0.809. The Morgan fingerprint density at radius 1 is 0.278 bits per heavy atom. The van der Waals surface area contributed by atoms with Gasteiger partial charge in [-0.1, -0.05) is 0 Å². The molecule has 4 heteroatoms. The van der Waals surface area contributed by atoms with E-state index in [0.717, 1.165) is 91.4 Å². The van der Waals surface area contributed by atoms with Crippen molar-refractivity contribution < 1.29 is 18.9 Å². The highest BCUT2D eigenvalue weighted by molar-refractivity contribution is 4.43. The maximum Gasteiger partial charge on any atom is 0.0487 e. The first-order chi connectivity index (χ1) is 9.00. The lowest BCUT2D eigenvalue weighted by Gasteiger charge is -2.08. The van der Waals surface area contributed by atoms with Gasteiger partial charge in [0.05, 0.1) is 0 Å². The molecule has 0 aromatic rings. The van der Waals surface area contributed by atoms with Gasteiger partial charge in [-0.05, 0) is 38.5 Å². The van der Waals surface area contributed by atoms with E-state index in [9.17, 15) is 0 Å². The molecule has 0 bridgehead atoms. The summed E-state index contributed by atoms with van der Waals surface area (Å²) in [4.78, 5) is 0. The van der Waals surface area contributed by atoms with E-state index in [0.29, 0.717) is 0 Å². The molecule has 1 aliphatic rings. The van der Waals surface area contributed by atoms with E-state index in [2.05, 4.69) is 0 Å². The SMILES string of the molecule is C1CCOCCCOCCCCOCCCOC1. The minimum Gasteiger partial charge on any atom is -0.381 e. The van der Waals surface area contributed by atoms with Gasteiger partial charge >= 0.3 is 0 Å². The Morgan fingerprint density at radius 3 is 0.778 bits per heavy atom. The van der Waals surface area contributed by atoms with E-state index in [-0.39, 0.29) is 0 Å². The third-order valence-electron chi connectivity index (χ3n) is 2.81. The first-order valence-corrected chi connectivity index (χ1v) is 7.31. The van der Waals surface area contributed by atoms with Crippen LogP contribution in [0.1, 0.15) is 38.5 Å². The van der Waals surface area contributed by atoms with Gasteiger partial charge in [-0.25, -0.2) is 0 Å². The Hall–Kier alpha value is -0.160. The van der Waals surface area contributed by atoms with E-state index in [1.165, 1.54) is 0 Å². The van der Waals surface area contributed by atoms with Crippen LogP contribution in [0.5, 0.6) is 0 Å². The molecule has 108 valence electrons. The molecule has 0 radical (unpaired) electrons. The lowest BCUT2D eigenvalue weighted by Crippen LogP contribution is -2.07. The molecule has 0 amide bonds. The van der Waals surface area contributed by atoms with Crippen molar-refractivity contribution in [3.05, 3.63) is 0 Å². The summed E-state index contributed by atoms with van der Waals surface area (Å²) in [6.07, 6.45) is 6.31. The van der Waals surface area contributed by atoms with Crippen LogP contribution in [0.25, 0.3) is 0 Å². The molecule has 0 spiro atoms. The third kappa shape index (κ3) is 11.0. The van der Waals surface area contributed by atoms with Gasteiger partial charge in [0.1, 0.15) is 0 Å². The smallest absolute Gasteiger partial charge is 0.0487 e. The molecular weight excluding hydrogens is 232 g/mol. The van der Waals surface area contributed by atoms with Crippen LogP contribution in [0.2, 0.25) is 0 Å². The van der Waals surface area contributed by atoms with Crippen molar-refractivity contribution in [2.45, 2.75) is 38.5 Å². The second-order valence-corrected chi connectivity index (χ2v) is 4.57. The lowest BCUT2D eigenvalue weighted by molar-refractivity contribution is 0.0558. The van der Waals surface area contributed by atoms with Crippen LogP contribution in [-0.2, 0) is 18.9 Å². The third-order valence-corrected chi connectivity index (χ3v) is 2.81. The maximum atomic E-state index is 5.52. The average molecular weight is 260 g/mol. The summed E-state index contributed by atoms with van der Waals surface area (Å²) in [5, 5.41) is 0. The standard InChI is InChI=1S/C14H28O4/c1-2-8-16-12-6-14-18-10-4-3-9-17-13-5-11-15-7-1/h1-14H2. The van der Waals surface area contributed by atoms with E-state index < -0.39 is 0 Å². The highest BCUT2D eigenvalue weighted by Crippen LogP contribution is 1.97. The van der Waals surface area contributed by atoms with Gasteiger partial charge in [0.15, 0.2) is 0 Å². The Labute approximate surface area is 111 Å². The molecule has 1 saturated heterocycles. The van der Waals surface area contributed by atoms with Crippen molar-refractivity contribution in [2.24, 2.45) is 0 Å². The zero-order valence-corrected chi connectivity index (χ0v) is 11.5. The van der Waals surface area contributed by atoms with Crippen LogP contribution in [-0.4, -0.2) is 52.9 Å². The van der Waals surface area contributed by atoms with Gasteiger partial charge in [-0.15, -0.1) is 0 Å². The monoisotopic (exact) mass is 260 g/mol. The Kier molecular flexibility index (Phi) is 11.7. The lowest BCUT2D eigenvalue weighted by atomic mass is 10.3. The van der Waals surface area contributed by atoms with Crippen LogP contribution in [0.4, 0.5) is 0 Å². The fraction of sp³-hybridized carbons (Fsp3) is 1.00. The minimum absolute atomic E-state index is 0.809. The summed E-state index contributed by atoms with van der Waals surface area (Å²) in [6, 6.07) is 0. The second kappa shape index (κ2) is 13.3. The Balaban J connectivity index is 2.00. The first-order valence-electron chi connectivity index (χ1n) is 7.31. The normalized spacial score (nSPS) is 24.0. The molecule has 1 heterocycles. The predicted molar refractivity (Wildman–Crippen MR) is 71.0 cm³/mol. The van der Waals surface area contributed by atoms with Crippen LogP contribution in [0.15, 0.2) is 0 Å². The van der Waals surface area contributed by atoms with Crippen molar-refractivity contribution in [1.82, 2.24) is 0 Å². The van der Waals surface area contributed by atoms with Gasteiger partial charge in [0, 0.05) is 52.9 Å².